The molecule has 0 spiro atoms. The van der Waals surface area contributed by atoms with Gasteiger partial charge >= 0.3 is 0 Å². The van der Waals surface area contributed by atoms with Gasteiger partial charge in [-0.3, -0.25) is 4.79 Å². The van der Waals surface area contributed by atoms with E-state index in [1.54, 1.807) is 11.3 Å². The third-order valence-corrected chi connectivity index (χ3v) is 5.97. The second kappa shape index (κ2) is 6.31. The van der Waals surface area contributed by atoms with Gasteiger partial charge in [0.15, 0.2) is 0 Å². The van der Waals surface area contributed by atoms with Crippen LogP contribution in [0.5, 0.6) is 0 Å². The Morgan fingerprint density at radius 1 is 1.33 bits per heavy atom. The summed E-state index contributed by atoms with van der Waals surface area (Å²) in [5.74, 6) is 2.21. The van der Waals surface area contributed by atoms with Gasteiger partial charge in [-0.15, -0.1) is 11.3 Å². The summed E-state index contributed by atoms with van der Waals surface area (Å²) < 4.78 is 2.26. The van der Waals surface area contributed by atoms with Crippen molar-refractivity contribution < 1.29 is 4.79 Å². The van der Waals surface area contributed by atoms with E-state index >= 15 is 0 Å². The molecule has 1 saturated heterocycles. The lowest BCUT2D eigenvalue weighted by Crippen LogP contribution is -2.41. The molecular formula is C18H24N4OS. The maximum absolute atomic E-state index is 12.8. The summed E-state index contributed by atoms with van der Waals surface area (Å²) in [6.45, 7) is 5.92. The third kappa shape index (κ3) is 2.99. The molecule has 3 heterocycles. The van der Waals surface area contributed by atoms with Crippen molar-refractivity contribution in [2.45, 2.75) is 57.4 Å². The minimum absolute atomic E-state index is 0.0917. The van der Waals surface area contributed by atoms with Gasteiger partial charge in [-0.25, -0.2) is 9.97 Å². The second-order valence-electron chi connectivity index (χ2n) is 7.24. The number of likely N-dealkylation sites (tertiary alicyclic amines) is 1. The van der Waals surface area contributed by atoms with Crippen LogP contribution >= 0.6 is 11.3 Å². The minimum atomic E-state index is 0.0917. The molecule has 0 radical (unpaired) electrons. The van der Waals surface area contributed by atoms with Crippen LogP contribution in [0.1, 0.15) is 78.7 Å². The number of hydrogen-bond donors (Lipinski definition) is 0. The first-order chi connectivity index (χ1) is 11.6. The molecule has 24 heavy (non-hydrogen) atoms. The molecule has 1 saturated carbocycles. The SMILES string of the molecule is CC(C)c1nccn1[C@H]1CCCN(C(=O)c2csc(C3CC3)n2)C1. The summed E-state index contributed by atoms with van der Waals surface area (Å²) in [5.41, 5.74) is 0.636. The quantitative estimate of drug-likeness (QED) is 0.847. The van der Waals surface area contributed by atoms with Gasteiger partial charge in [0.2, 0.25) is 0 Å². The number of aromatic nitrogens is 3. The molecule has 0 N–H and O–H groups in total. The van der Waals surface area contributed by atoms with Crippen molar-refractivity contribution in [1.29, 1.82) is 0 Å². The molecule has 0 unspecified atom stereocenters. The van der Waals surface area contributed by atoms with Crippen molar-refractivity contribution in [3.8, 4) is 0 Å². The maximum atomic E-state index is 12.8. The van der Waals surface area contributed by atoms with Crippen LogP contribution in [0.2, 0.25) is 0 Å². The molecular weight excluding hydrogens is 320 g/mol. The molecule has 1 amide bonds. The second-order valence-corrected chi connectivity index (χ2v) is 8.13. The Hall–Kier alpha value is -1.69. The minimum Gasteiger partial charge on any atom is -0.335 e. The molecule has 0 aromatic carbocycles. The normalized spacial score (nSPS) is 21.5. The Labute approximate surface area is 146 Å². The first-order valence-electron chi connectivity index (χ1n) is 8.91. The van der Waals surface area contributed by atoms with Crippen LogP contribution in [0.25, 0.3) is 0 Å². The van der Waals surface area contributed by atoms with Gasteiger partial charge in [0.05, 0.1) is 11.0 Å². The van der Waals surface area contributed by atoms with Gasteiger partial charge in [0, 0.05) is 42.7 Å². The largest absolute Gasteiger partial charge is 0.335 e. The maximum Gasteiger partial charge on any atom is 0.273 e. The van der Waals surface area contributed by atoms with Crippen molar-refractivity contribution in [2.75, 3.05) is 13.1 Å². The number of carbonyl (C=O) groups excluding carboxylic acids is 1. The van der Waals surface area contributed by atoms with Crippen molar-refractivity contribution in [2.24, 2.45) is 0 Å². The Bertz CT molecular complexity index is 731. The van der Waals surface area contributed by atoms with Crippen LogP contribution in [0, 0.1) is 0 Å². The highest BCUT2D eigenvalue weighted by Gasteiger charge is 2.31. The number of piperidine rings is 1. The predicted octanol–water partition coefficient (Wildman–Crippen LogP) is 3.82. The number of imidazole rings is 1. The Morgan fingerprint density at radius 3 is 2.92 bits per heavy atom. The van der Waals surface area contributed by atoms with Gasteiger partial charge < -0.3 is 9.47 Å². The molecule has 2 aliphatic rings. The Balaban J connectivity index is 1.49. The van der Waals surface area contributed by atoms with E-state index in [9.17, 15) is 4.79 Å². The summed E-state index contributed by atoms with van der Waals surface area (Å²) in [5, 5.41) is 3.08. The number of rotatable bonds is 4. The lowest BCUT2D eigenvalue weighted by molar-refractivity contribution is 0.0672. The van der Waals surface area contributed by atoms with Crippen molar-refractivity contribution >= 4 is 17.2 Å². The van der Waals surface area contributed by atoms with E-state index in [4.69, 9.17) is 0 Å². The molecule has 2 fully saturated rings. The summed E-state index contributed by atoms with van der Waals surface area (Å²) in [6.07, 6.45) is 8.52. The van der Waals surface area contributed by atoms with E-state index in [1.165, 1.54) is 12.8 Å². The van der Waals surface area contributed by atoms with Crippen LogP contribution < -0.4 is 0 Å². The van der Waals surface area contributed by atoms with Gasteiger partial charge in [0.1, 0.15) is 11.5 Å². The lowest BCUT2D eigenvalue weighted by atomic mass is 10.0. The van der Waals surface area contributed by atoms with Gasteiger partial charge in [0.25, 0.3) is 5.91 Å². The molecule has 1 atom stereocenters. The average molecular weight is 344 g/mol. The van der Waals surface area contributed by atoms with Crippen molar-refractivity contribution in [3.05, 3.63) is 34.3 Å². The molecule has 2 aromatic rings. The van der Waals surface area contributed by atoms with E-state index in [0.717, 1.165) is 36.8 Å². The van der Waals surface area contributed by atoms with Gasteiger partial charge in [-0.2, -0.15) is 0 Å². The fraction of sp³-hybridized carbons (Fsp3) is 0.611. The predicted molar refractivity (Wildman–Crippen MR) is 94.6 cm³/mol. The molecule has 0 bridgehead atoms. The summed E-state index contributed by atoms with van der Waals surface area (Å²) in [4.78, 5) is 23.9. The van der Waals surface area contributed by atoms with Crippen molar-refractivity contribution in [3.63, 3.8) is 0 Å². The number of nitrogens with zero attached hydrogens (tertiary/aromatic N) is 4. The van der Waals surface area contributed by atoms with Crippen molar-refractivity contribution in [1.82, 2.24) is 19.4 Å². The zero-order valence-corrected chi connectivity index (χ0v) is 15.1. The molecule has 1 aliphatic carbocycles. The molecule has 2 aromatic heterocycles. The standard InChI is InChI=1S/C18H24N4OS/c1-12(2)16-19-7-9-22(16)14-4-3-8-21(10-14)18(23)15-11-24-17(20-15)13-5-6-13/h7,9,11-14H,3-6,8,10H2,1-2H3/t14-/m0/s1. The highest BCUT2D eigenvalue weighted by Crippen LogP contribution is 2.41. The van der Waals surface area contributed by atoms with E-state index in [0.29, 0.717) is 23.6 Å². The Morgan fingerprint density at radius 2 is 2.17 bits per heavy atom. The fourth-order valence-electron chi connectivity index (χ4n) is 3.51. The first-order valence-corrected chi connectivity index (χ1v) is 9.79. The monoisotopic (exact) mass is 344 g/mol. The number of carbonyl (C=O) groups is 1. The van der Waals surface area contributed by atoms with E-state index in [-0.39, 0.29) is 5.91 Å². The highest BCUT2D eigenvalue weighted by molar-refractivity contribution is 7.10. The zero-order valence-electron chi connectivity index (χ0n) is 14.3. The number of amides is 1. The summed E-state index contributed by atoms with van der Waals surface area (Å²) >= 11 is 1.64. The molecule has 5 nitrogen and oxygen atoms in total. The first kappa shape index (κ1) is 15.8. The topological polar surface area (TPSA) is 51.0 Å². The molecule has 4 rings (SSSR count). The highest BCUT2D eigenvalue weighted by atomic mass is 32.1. The van der Waals surface area contributed by atoms with E-state index in [2.05, 4.69) is 34.6 Å². The summed E-state index contributed by atoms with van der Waals surface area (Å²) in [6, 6.07) is 0.323. The van der Waals surface area contributed by atoms with Gasteiger partial charge in [-0.05, 0) is 25.7 Å². The number of hydrogen-bond acceptors (Lipinski definition) is 4. The van der Waals surface area contributed by atoms with Crippen LogP contribution in [-0.4, -0.2) is 38.4 Å². The van der Waals surface area contributed by atoms with E-state index < -0.39 is 0 Å². The van der Waals surface area contributed by atoms with Gasteiger partial charge in [-0.1, -0.05) is 13.8 Å². The van der Waals surface area contributed by atoms with Crippen LogP contribution in [-0.2, 0) is 0 Å². The van der Waals surface area contributed by atoms with E-state index in [1.807, 2.05) is 16.5 Å². The lowest BCUT2D eigenvalue weighted by Gasteiger charge is -2.34. The zero-order chi connectivity index (χ0) is 16.7. The smallest absolute Gasteiger partial charge is 0.273 e. The van der Waals surface area contributed by atoms with Crippen LogP contribution in [0.4, 0.5) is 0 Å². The average Bonchev–Trinajstić information content (AvgIpc) is 3.13. The Kier molecular flexibility index (Phi) is 4.16. The number of thiazole rings is 1. The molecule has 1 aliphatic heterocycles. The third-order valence-electron chi connectivity index (χ3n) is 4.96. The van der Waals surface area contributed by atoms with Crippen LogP contribution in [0.3, 0.4) is 0 Å². The fourth-order valence-corrected chi connectivity index (χ4v) is 4.48. The molecule has 128 valence electrons. The summed E-state index contributed by atoms with van der Waals surface area (Å²) in [7, 11) is 0. The van der Waals surface area contributed by atoms with Crippen LogP contribution in [0.15, 0.2) is 17.8 Å². The molecule has 6 heteroatoms.